The Balaban J connectivity index is 1.63. The van der Waals surface area contributed by atoms with Gasteiger partial charge in [-0.05, 0) is 22.0 Å². The molecule has 0 fully saturated rings. The minimum absolute atomic E-state index is 0.0771. The maximum Gasteiger partial charge on any atom is 0.416 e. The van der Waals surface area contributed by atoms with E-state index >= 15 is 0 Å². The minimum Gasteiger partial charge on any atom is -0.424 e. The first-order valence-corrected chi connectivity index (χ1v) is 8.53. The molecular formula is C19H16F4N4O2. The molecule has 0 aliphatic heterocycles. The summed E-state index contributed by atoms with van der Waals surface area (Å²) in [4.78, 5) is 12.0. The summed E-state index contributed by atoms with van der Waals surface area (Å²) in [5, 5.41) is 9.47. The SMILES string of the molecule is O=C([N-]c1c[n+]([C@H](CF)Cc2ccccc2)no1)Nc1cccc(C(F)(F)F)c1. The number of nitrogens with zero attached hydrogens (tertiary/aromatic N) is 3. The first-order valence-electron chi connectivity index (χ1n) is 8.53. The number of halogens is 4. The lowest BCUT2D eigenvalue weighted by atomic mass is 10.1. The summed E-state index contributed by atoms with van der Waals surface area (Å²) in [5.41, 5.74) is -0.0855. The molecule has 29 heavy (non-hydrogen) atoms. The molecule has 0 unspecified atom stereocenters. The average molecular weight is 408 g/mol. The number of nitrogens with one attached hydrogen (secondary N) is 1. The van der Waals surface area contributed by atoms with Crippen molar-refractivity contribution in [3.05, 3.63) is 77.2 Å². The minimum atomic E-state index is -4.53. The third-order valence-corrected chi connectivity index (χ3v) is 3.99. The number of anilines is 1. The highest BCUT2D eigenvalue weighted by Gasteiger charge is 2.30. The predicted octanol–water partition coefficient (Wildman–Crippen LogP) is 4.97. The summed E-state index contributed by atoms with van der Waals surface area (Å²) in [5.74, 6) is -0.207. The van der Waals surface area contributed by atoms with Crippen molar-refractivity contribution in [2.24, 2.45) is 0 Å². The van der Waals surface area contributed by atoms with Crippen molar-refractivity contribution in [1.29, 1.82) is 0 Å². The van der Waals surface area contributed by atoms with Crippen molar-refractivity contribution in [1.82, 2.24) is 5.27 Å². The lowest BCUT2D eigenvalue weighted by Gasteiger charge is -2.15. The van der Waals surface area contributed by atoms with Gasteiger partial charge in [0.15, 0.2) is 18.0 Å². The van der Waals surface area contributed by atoms with Gasteiger partial charge in [-0.2, -0.15) is 13.2 Å². The number of rotatable bonds is 6. The van der Waals surface area contributed by atoms with E-state index in [0.717, 1.165) is 23.8 Å². The molecule has 0 bridgehead atoms. The number of carbonyl (C=O) groups excluding carboxylic acids is 1. The van der Waals surface area contributed by atoms with Crippen LogP contribution in [0.15, 0.2) is 65.3 Å². The number of aromatic nitrogens is 2. The second kappa shape index (κ2) is 8.72. The Morgan fingerprint density at radius 1 is 1.17 bits per heavy atom. The van der Waals surface area contributed by atoms with Gasteiger partial charge in [-0.15, -0.1) is 0 Å². The zero-order valence-electron chi connectivity index (χ0n) is 14.9. The molecule has 10 heteroatoms. The molecule has 1 atom stereocenters. The number of amides is 2. The molecule has 0 spiro atoms. The van der Waals surface area contributed by atoms with E-state index < -0.39 is 30.5 Å². The van der Waals surface area contributed by atoms with Gasteiger partial charge in [-0.1, -0.05) is 48.5 Å². The fourth-order valence-corrected chi connectivity index (χ4v) is 2.60. The predicted molar refractivity (Wildman–Crippen MR) is 95.3 cm³/mol. The molecule has 2 amide bonds. The van der Waals surface area contributed by atoms with Crippen LogP contribution in [0.5, 0.6) is 0 Å². The second-order valence-electron chi connectivity index (χ2n) is 6.14. The van der Waals surface area contributed by atoms with Crippen LogP contribution < -0.4 is 10.00 Å². The third-order valence-electron chi connectivity index (χ3n) is 3.99. The van der Waals surface area contributed by atoms with Crippen LogP contribution in [0.4, 0.5) is 33.9 Å². The van der Waals surface area contributed by atoms with Crippen LogP contribution >= 0.6 is 0 Å². The van der Waals surface area contributed by atoms with E-state index in [2.05, 4.69) is 15.9 Å². The standard InChI is InChI=1S/C19H16F4N4O2/c20-11-16(9-13-5-2-1-3-6-13)27-12-17(29-26-27)25-18(28)24-15-8-4-7-14(10-15)19(21,22)23/h1-8,10,12,16H,9,11H2,(H-,24,25,26,28)/t16-/m0/s1. The molecule has 1 N–H and O–H groups in total. The lowest BCUT2D eigenvalue weighted by Crippen LogP contribution is -2.43. The fraction of sp³-hybridized carbons (Fsp3) is 0.211. The van der Waals surface area contributed by atoms with Crippen molar-refractivity contribution >= 4 is 17.6 Å². The first-order chi connectivity index (χ1) is 13.8. The number of benzene rings is 2. The Morgan fingerprint density at radius 3 is 2.62 bits per heavy atom. The van der Waals surface area contributed by atoms with Crippen LogP contribution in [0.3, 0.4) is 0 Å². The number of hydrogen-bond acceptors (Lipinski definition) is 3. The number of alkyl halides is 4. The monoisotopic (exact) mass is 408 g/mol. The summed E-state index contributed by atoms with van der Waals surface area (Å²) < 4.78 is 57.7. The molecule has 6 nitrogen and oxygen atoms in total. The summed E-state index contributed by atoms with van der Waals surface area (Å²) in [6, 6.07) is 11.7. The maximum absolute atomic E-state index is 13.4. The Hall–Kier alpha value is -3.43. The molecule has 1 aromatic heterocycles. The van der Waals surface area contributed by atoms with E-state index in [-0.39, 0.29) is 11.6 Å². The van der Waals surface area contributed by atoms with E-state index in [4.69, 9.17) is 4.52 Å². The Labute approximate surface area is 163 Å². The Bertz CT molecular complexity index is 960. The van der Waals surface area contributed by atoms with E-state index in [1.165, 1.54) is 16.9 Å². The van der Waals surface area contributed by atoms with Crippen LogP contribution in [0, 0.1) is 0 Å². The summed E-state index contributed by atoms with van der Waals surface area (Å²) >= 11 is 0. The Kier molecular flexibility index (Phi) is 6.10. The van der Waals surface area contributed by atoms with Crippen molar-refractivity contribution in [3.63, 3.8) is 0 Å². The van der Waals surface area contributed by atoms with Gasteiger partial charge >= 0.3 is 6.18 Å². The van der Waals surface area contributed by atoms with E-state index in [0.29, 0.717) is 6.42 Å². The van der Waals surface area contributed by atoms with Gasteiger partial charge < -0.3 is 15.2 Å². The van der Waals surface area contributed by atoms with Gasteiger partial charge in [0.05, 0.1) is 5.56 Å². The van der Waals surface area contributed by atoms with Gasteiger partial charge in [0.25, 0.3) is 0 Å². The highest BCUT2D eigenvalue weighted by molar-refractivity contribution is 6.03. The summed E-state index contributed by atoms with van der Waals surface area (Å²) in [7, 11) is 0. The summed E-state index contributed by atoms with van der Waals surface area (Å²) in [6.07, 6.45) is -2.93. The number of urea groups is 1. The van der Waals surface area contributed by atoms with Crippen LogP contribution in [0.1, 0.15) is 17.2 Å². The van der Waals surface area contributed by atoms with Gasteiger partial charge in [0.1, 0.15) is 0 Å². The van der Waals surface area contributed by atoms with E-state index in [1.807, 2.05) is 30.3 Å². The first kappa shape index (κ1) is 20.3. The molecule has 0 saturated carbocycles. The zero-order valence-corrected chi connectivity index (χ0v) is 14.9. The maximum atomic E-state index is 13.4. The fourth-order valence-electron chi connectivity index (χ4n) is 2.60. The Morgan fingerprint density at radius 2 is 1.93 bits per heavy atom. The summed E-state index contributed by atoms with van der Waals surface area (Å²) in [6.45, 7) is -0.720. The smallest absolute Gasteiger partial charge is 0.416 e. The topological polar surface area (TPSA) is 73.1 Å². The molecule has 152 valence electrons. The molecular weight excluding hydrogens is 392 g/mol. The highest BCUT2D eigenvalue weighted by atomic mass is 19.4. The largest absolute Gasteiger partial charge is 0.424 e. The van der Waals surface area contributed by atoms with Crippen LogP contribution in [-0.2, 0) is 12.6 Å². The molecule has 0 aliphatic rings. The quantitative estimate of drug-likeness (QED) is 0.462. The number of carbonyl (C=O) groups is 1. The third kappa shape index (κ3) is 5.53. The van der Waals surface area contributed by atoms with E-state index in [9.17, 15) is 22.4 Å². The molecule has 0 aliphatic carbocycles. The average Bonchev–Trinajstić information content (AvgIpc) is 3.14. The highest BCUT2D eigenvalue weighted by Crippen LogP contribution is 2.31. The van der Waals surface area contributed by atoms with Crippen LogP contribution in [-0.4, -0.2) is 18.0 Å². The van der Waals surface area contributed by atoms with E-state index in [1.54, 1.807) is 0 Å². The van der Waals surface area contributed by atoms with Crippen molar-refractivity contribution < 1.29 is 31.6 Å². The molecule has 2 aromatic carbocycles. The molecule has 3 aromatic rings. The molecule has 1 heterocycles. The van der Waals surface area contributed by atoms with Gasteiger partial charge in [-0.25, -0.2) is 4.39 Å². The van der Waals surface area contributed by atoms with Gasteiger partial charge in [0.2, 0.25) is 18.1 Å². The lowest BCUT2D eigenvalue weighted by molar-refractivity contribution is -0.785. The van der Waals surface area contributed by atoms with Crippen LogP contribution in [0.25, 0.3) is 5.32 Å². The van der Waals surface area contributed by atoms with Crippen molar-refractivity contribution in [2.45, 2.75) is 18.6 Å². The van der Waals surface area contributed by atoms with Crippen molar-refractivity contribution in [3.8, 4) is 0 Å². The molecule has 3 rings (SSSR count). The number of hydrogen-bond donors (Lipinski definition) is 1. The normalized spacial score (nSPS) is 12.4. The van der Waals surface area contributed by atoms with Crippen LogP contribution in [0.2, 0.25) is 0 Å². The van der Waals surface area contributed by atoms with Gasteiger partial charge in [0, 0.05) is 6.42 Å². The zero-order chi connectivity index (χ0) is 20.9. The molecule has 0 radical (unpaired) electrons. The van der Waals surface area contributed by atoms with Gasteiger partial charge in [-0.3, -0.25) is 4.79 Å². The van der Waals surface area contributed by atoms with Crippen molar-refractivity contribution in [2.75, 3.05) is 12.0 Å². The second-order valence-corrected chi connectivity index (χ2v) is 6.14. The molecule has 0 saturated heterocycles.